The van der Waals surface area contributed by atoms with Crippen LogP contribution in [0.4, 0.5) is 13.2 Å². The fourth-order valence-corrected chi connectivity index (χ4v) is 4.81. The van der Waals surface area contributed by atoms with Gasteiger partial charge in [0.15, 0.2) is 0 Å². The number of phenols is 1. The van der Waals surface area contributed by atoms with Gasteiger partial charge in [-0.2, -0.15) is 13.2 Å². The SMILES string of the molecule is CC1CC(C)CN(Cc2c(O)ccc3c(=O)c(-c4ccc(Cl)cc4)c(C(F)(F)F)oc23)C1. The summed E-state index contributed by atoms with van der Waals surface area (Å²) in [6.45, 7) is 5.93. The Kier molecular flexibility index (Phi) is 5.98. The quantitative estimate of drug-likeness (QED) is 0.492. The van der Waals surface area contributed by atoms with Gasteiger partial charge in [-0.3, -0.25) is 9.69 Å². The van der Waals surface area contributed by atoms with E-state index < -0.39 is 22.9 Å². The Bertz CT molecular complexity index is 1190. The summed E-state index contributed by atoms with van der Waals surface area (Å²) in [6, 6.07) is 8.19. The molecule has 0 spiro atoms. The average molecular weight is 466 g/mol. The Hall–Kier alpha value is -2.51. The number of fused-ring (bicyclic) bond motifs is 1. The molecule has 0 radical (unpaired) electrons. The highest BCUT2D eigenvalue weighted by atomic mass is 35.5. The summed E-state index contributed by atoms with van der Waals surface area (Å²) in [4.78, 5) is 15.3. The number of nitrogens with zero attached hydrogens (tertiary/aromatic N) is 1. The third kappa shape index (κ3) is 4.36. The minimum Gasteiger partial charge on any atom is -0.507 e. The Morgan fingerprint density at radius 1 is 1.09 bits per heavy atom. The van der Waals surface area contributed by atoms with E-state index in [1.807, 2.05) is 0 Å². The molecule has 1 aliphatic rings. The highest BCUT2D eigenvalue weighted by Crippen LogP contribution is 2.39. The molecule has 0 bridgehead atoms. The van der Waals surface area contributed by atoms with Crippen molar-refractivity contribution < 1.29 is 22.7 Å². The third-order valence-electron chi connectivity index (χ3n) is 5.86. The summed E-state index contributed by atoms with van der Waals surface area (Å²) < 4.78 is 47.3. The van der Waals surface area contributed by atoms with Gasteiger partial charge in [0.05, 0.1) is 16.5 Å². The molecule has 3 aromatic rings. The van der Waals surface area contributed by atoms with E-state index in [0.717, 1.165) is 19.5 Å². The summed E-state index contributed by atoms with van der Waals surface area (Å²) in [5.74, 6) is -0.737. The normalized spacial score (nSPS) is 20.1. The van der Waals surface area contributed by atoms with Gasteiger partial charge in [0, 0.05) is 24.7 Å². The monoisotopic (exact) mass is 465 g/mol. The number of likely N-dealkylation sites (tertiary alicyclic amines) is 1. The summed E-state index contributed by atoms with van der Waals surface area (Å²) in [6.07, 6.45) is -3.84. The molecule has 2 unspecified atom stereocenters. The fraction of sp³-hybridized carbons (Fsp3) is 0.375. The van der Waals surface area contributed by atoms with Crippen LogP contribution in [0.25, 0.3) is 22.1 Å². The number of halogens is 4. The van der Waals surface area contributed by atoms with Crippen molar-refractivity contribution in [2.24, 2.45) is 11.8 Å². The summed E-state index contributed by atoms with van der Waals surface area (Å²) in [7, 11) is 0. The van der Waals surface area contributed by atoms with Gasteiger partial charge in [-0.1, -0.05) is 37.6 Å². The molecule has 32 heavy (non-hydrogen) atoms. The summed E-state index contributed by atoms with van der Waals surface area (Å²) in [5, 5.41) is 10.8. The van der Waals surface area contributed by atoms with Crippen LogP contribution in [-0.2, 0) is 12.7 Å². The van der Waals surface area contributed by atoms with Gasteiger partial charge in [-0.05, 0) is 48.1 Å². The molecule has 2 atom stereocenters. The minimum atomic E-state index is -4.90. The van der Waals surface area contributed by atoms with E-state index >= 15 is 0 Å². The van der Waals surface area contributed by atoms with E-state index in [-0.39, 0.29) is 34.4 Å². The van der Waals surface area contributed by atoms with Gasteiger partial charge in [-0.25, -0.2) is 0 Å². The third-order valence-corrected chi connectivity index (χ3v) is 6.11. The lowest BCUT2D eigenvalue weighted by Crippen LogP contribution is -2.38. The van der Waals surface area contributed by atoms with Crippen molar-refractivity contribution in [2.45, 2.75) is 33.0 Å². The molecule has 1 fully saturated rings. The molecular weight excluding hydrogens is 443 g/mol. The second-order valence-electron chi connectivity index (χ2n) is 8.72. The van der Waals surface area contributed by atoms with Gasteiger partial charge < -0.3 is 9.52 Å². The topological polar surface area (TPSA) is 53.7 Å². The largest absolute Gasteiger partial charge is 0.507 e. The Morgan fingerprint density at radius 3 is 2.31 bits per heavy atom. The van der Waals surface area contributed by atoms with E-state index in [9.17, 15) is 23.1 Å². The van der Waals surface area contributed by atoms with Crippen LogP contribution < -0.4 is 5.43 Å². The van der Waals surface area contributed by atoms with Crippen molar-refractivity contribution in [2.75, 3.05) is 13.1 Å². The zero-order valence-electron chi connectivity index (χ0n) is 17.7. The van der Waals surface area contributed by atoms with Gasteiger partial charge >= 0.3 is 6.18 Å². The molecule has 0 aliphatic carbocycles. The smallest absolute Gasteiger partial charge is 0.450 e. The first-order chi connectivity index (χ1) is 15.0. The lowest BCUT2D eigenvalue weighted by atomic mass is 9.91. The molecule has 1 saturated heterocycles. The summed E-state index contributed by atoms with van der Waals surface area (Å²) in [5.41, 5.74) is -1.35. The van der Waals surface area contributed by atoms with Gasteiger partial charge in [-0.15, -0.1) is 0 Å². The number of benzene rings is 2. The predicted octanol–water partition coefficient (Wildman–Crippen LogP) is 6.32. The standard InChI is InChI=1S/C24H23ClF3NO3/c1-13-9-14(2)11-29(10-13)12-18-19(30)8-7-17-21(31)20(15-3-5-16(25)6-4-15)23(24(26,27)28)32-22(17)18/h3-8,13-14,30H,9-12H2,1-2H3. The molecule has 4 nitrogen and oxygen atoms in total. The van der Waals surface area contributed by atoms with E-state index in [2.05, 4.69) is 18.7 Å². The van der Waals surface area contributed by atoms with Crippen LogP contribution in [-0.4, -0.2) is 23.1 Å². The van der Waals surface area contributed by atoms with Crippen LogP contribution >= 0.6 is 11.6 Å². The molecule has 4 rings (SSSR count). The zero-order valence-corrected chi connectivity index (χ0v) is 18.4. The maximum Gasteiger partial charge on any atom is 0.450 e. The Labute approximate surface area is 188 Å². The van der Waals surface area contributed by atoms with Crippen molar-refractivity contribution >= 4 is 22.6 Å². The number of aromatic hydroxyl groups is 1. The van der Waals surface area contributed by atoms with Crippen molar-refractivity contribution in [3.8, 4) is 16.9 Å². The second kappa shape index (κ2) is 8.45. The lowest BCUT2D eigenvalue weighted by Gasteiger charge is -2.35. The first-order valence-electron chi connectivity index (χ1n) is 10.4. The number of piperidine rings is 1. The molecule has 1 N–H and O–H groups in total. The number of phenolic OH excluding ortho intramolecular Hbond substituents is 1. The second-order valence-corrected chi connectivity index (χ2v) is 9.16. The first-order valence-corrected chi connectivity index (χ1v) is 10.8. The number of hydrogen-bond donors (Lipinski definition) is 1. The number of alkyl halides is 3. The molecule has 0 amide bonds. The van der Waals surface area contributed by atoms with E-state index in [1.165, 1.54) is 36.4 Å². The number of hydrogen-bond acceptors (Lipinski definition) is 4. The fourth-order valence-electron chi connectivity index (χ4n) is 4.68. The van der Waals surface area contributed by atoms with Crippen LogP contribution in [0.3, 0.4) is 0 Å². The van der Waals surface area contributed by atoms with Crippen LogP contribution in [0.2, 0.25) is 5.02 Å². The van der Waals surface area contributed by atoms with Gasteiger partial charge in [0.25, 0.3) is 0 Å². The maximum absolute atomic E-state index is 14.0. The van der Waals surface area contributed by atoms with Crippen LogP contribution in [0.15, 0.2) is 45.6 Å². The maximum atomic E-state index is 14.0. The lowest BCUT2D eigenvalue weighted by molar-refractivity contribution is -0.152. The van der Waals surface area contributed by atoms with E-state index in [4.69, 9.17) is 16.0 Å². The Morgan fingerprint density at radius 2 is 1.72 bits per heavy atom. The zero-order chi connectivity index (χ0) is 23.2. The van der Waals surface area contributed by atoms with E-state index in [1.54, 1.807) is 0 Å². The molecule has 1 aromatic heterocycles. The van der Waals surface area contributed by atoms with Gasteiger partial charge in [0.1, 0.15) is 11.3 Å². The number of rotatable bonds is 3. The molecule has 2 heterocycles. The molecule has 2 aromatic carbocycles. The molecule has 8 heteroatoms. The molecule has 1 aliphatic heterocycles. The van der Waals surface area contributed by atoms with Gasteiger partial charge in [0.2, 0.25) is 11.2 Å². The van der Waals surface area contributed by atoms with Crippen LogP contribution in [0, 0.1) is 11.8 Å². The molecular formula is C24H23ClF3NO3. The van der Waals surface area contributed by atoms with Crippen molar-refractivity contribution in [1.82, 2.24) is 4.90 Å². The molecule has 0 saturated carbocycles. The van der Waals surface area contributed by atoms with Crippen molar-refractivity contribution in [3.05, 3.63) is 63.0 Å². The van der Waals surface area contributed by atoms with Crippen LogP contribution in [0.5, 0.6) is 5.75 Å². The van der Waals surface area contributed by atoms with Crippen molar-refractivity contribution in [1.29, 1.82) is 0 Å². The predicted molar refractivity (Wildman–Crippen MR) is 118 cm³/mol. The highest BCUT2D eigenvalue weighted by molar-refractivity contribution is 6.30. The van der Waals surface area contributed by atoms with Crippen molar-refractivity contribution in [3.63, 3.8) is 0 Å². The van der Waals surface area contributed by atoms with E-state index in [0.29, 0.717) is 16.9 Å². The highest BCUT2D eigenvalue weighted by Gasteiger charge is 2.40. The summed E-state index contributed by atoms with van der Waals surface area (Å²) >= 11 is 5.86. The molecule has 170 valence electrons. The Balaban J connectivity index is 1.92. The average Bonchev–Trinajstić information content (AvgIpc) is 2.69. The first kappa shape index (κ1) is 22.7. The van der Waals surface area contributed by atoms with Crippen LogP contribution in [0.1, 0.15) is 31.6 Å². The minimum absolute atomic E-state index is 0.00569.